The number of primary amides is 1. The number of rotatable bonds is 5. The van der Waals surface area contributed by atoms with E-state index in [9.17, 15) is 14.4 Å². The van der Waals surface area contributed by atoms with Crippen LogP contribution in [0.1, 0.15) is 18.5 Å². The number of hydrogen-bond acceptors (Lipinski definition) is 4. The van der Waals surface area contributed by atoms with Crippen LogP contribution in [-0.4, -0.2) is 18.3 Å². The topological polar surface area (TPSA) is 98.5 Å². The van der Waals surface area contributed by atoms with Crippen LogP contribution in [0.3, 0.4) is 0 Å². The molecule has 0 spiro atoms. The summed E-state index contributed by atoms with van der Waals surface area (Å²) in [5.41, 5.74) is 5.49. The van der Waals surface area contributed by atoms with E-state index in [-0.39, 0.29) is 5.75 Å². The maximum absolute atomic E-state index is 11.2. The van der Waals surface area contributed by atoms with Crippen LogP contribution in [0, 0.1) is 0 Å². The second-order valence-corrected chi connectivity index (χ2v) is 3.25. The lowest BCUT2D eigenvalue weighted by molar-refractivity contribution is -0.132. The van der Waals surface area contributed by atoms with Crippen molar-refractivity contribution >= 4 is 18.3 Å². The molecule has 0 aliphatic carbocycles. The number of hydrogen-bond donors (Lipinski definition) is 2. The smallest absolute Gasteiger partial charge is 0.308 e. The highest BCUT2D eigenvalue weighted by molar-refractivity contribution is 5.84. The summed E-state index contributed by atoms with van der Waals surface area (Å²) in [7, 11) is 0. The molecule has 3 N–H and O–H groups in total. The number of amides is 2. The molecule has 90 valence electrons. The number of nitrogens with one attached hydrogen (secondary N) is 1. The first-order chi connectivity index (χ1) is 8.06. The lowest BCUT2D eigenvalue weighted by atomic mass is 10.1. The second kappa shape index (κ2) is 5.64. The van der Waals surface area contributed by atoms with Crippen LogP contribution >= 0.6 is 0 Å². The minimum Gasteiger partial charge on any atom is -0.426 e. The van der Waals surface area contributed by atoms with Crippen molar-refractivity contribution in [2.24, 2.45) is 5.73 Å². The first kappa shape index (κ1) is 12.7. The zero-order valence-corrected chi connectivity index (χ0v) is 9.17. The van der Waals surface area contributed by atoms with Gasteiger partial charge in [-0.15, -0.1) is 0 Å². The van der Waals surface area contributed by atoms with Gasteiger partial charge in [-0.05, 0) is 6.07 Å². The van der Waals surface area contributed by atoms with E-state index in [1.54, 1.807) is 18.2 Å². The summed E-state index contributed by atoms with van der Waals surface area (Å²) in [5.74, 6) is -1.07. The van der Waals surface area contributed by atoms with E-state index in [2.05, 4.69) is 5.32 Å². The second-order valence-electron chi connectivity index (χ2n) is 3.25. The predicted octanol–water partition coefficient (Wildman–Crippen LogP) is -0.116. The van der Waals surface area contributed by atoms with Crippen molar-refractivity contribution in [1.29, 1.82) is 0 Å². The van der Waals surface area contributed by atoms with E-state index >= 15 is 0 Å². The van der Waals surface area contributed by atoms with Crippen LogP contribution < -0.4 is 15.8 Å². The van der Waals surface area contributed by atoms with E-state index in [1.165, 1.54) is 13.0 Å². The van der Waals surface area contributed by atoms with Crippen molar-refractivity contribution in [2.75, 3.05) is 0 Å². The molecule has 1 atom stereocenters. The maximum Gasteiger partial charge on any atom is 0.308 e. The predicted molar refractivity (Wildman–Crippen MR) is 58.9 cm³/mol. The highest BCUT2D eigenvalue weighted by Gasteiger charge is 2.21. The molecule has 1 rings (SSSR count). The van der Waals surface area contributed by atoms with Crippen LogP contribution in [-0.2, 0) is 14.4 Å². The van der Waals surface area contributed by atoms with E-state index in [4.69, 9.17) is 10.5 Å². The third kappa shape index (κ3) is 3.30. The van der Waals surface area contributed by atoms with Gasteiger partial charge in [0.05, 0.1) is 0 Å². The summed E-state index contributed by atoms with van der Waals surface area (Å²) < 4.78 is 4.92. The van der Waals surface area contributed by atoms with Gasteiger partial charge in [0.1, 0.15) is 11.8 Å². The number of carbonyl (C=O) groups is 3. The van der Waals surface area contributed by atoms with Gasteiger partial charge < -0.3 is 15.8 Å². The SMILES string of the molecule is CC(=O)Oc1ccccc1C(NC=O)C(N)=O. The lowest BCUT2D eigenvalue weighted by Crippen LogP contribution is -2.33. The molecular weight excluding hydrogens is 224 g/mol. The first-order valence-corrected chi connectivity index (χ1v) is 4.82. The Morgan fingerprint density at radius 2 is 2.06 bits per heavy atom. The number of benzene rings is 1. The van der Waals surface area contributed by atoms with Crippen molar-refractivity contribution in [1.82, 2.24) is 5.32 Å². The average molecular weight is 236 g/mol. The van der Waals surface area contributed by atoms with E-state index in [0.29, 0.717) is 12.0 Å². The van der Waals surface area contributed by atoms with Crippen LogP contribution in [0.4, 0.5) is 0 Å². The third-order valence-electron chi connectivity index (χ3n) is 2.00. The largest absolute Gasteiger partial charge is 0.426 e. The molecule has 0 saturated heterocycles. The Labute approximate surface area is 97.7 Å². The fraction of sp³-hybridized carbons (Fsp3) is 0.182. The molecule has 0 fully saturated rings. The Balaban J connectivity index is 3.12. The summed E-state index contributed by atoms with van der Waals surface area (Å²) in [6.07, 6.45) is 0.361. The van der Waals surface area contributed by atoms with E-state index in [0.717, 1.165) is 0 Å². The quantitative estimate of drug-likeness (QED) is 0.423. The van der Waals surface area contributed by atoms with Gasteiger partial charge in [-0.25, -0.2) is 0 Å². The molecule has 1 aromatic carbocycles. The number of esters is 1. The molecule has 0 radical (unpaired) electrons. The molecule has 2 amide bonds. The molecule has 1 aromatic rings. The summed E-state index contributed by atoms with van der Waals surface area (Å²) in [6, 6.07) is 5.32. The van der Waals surface area contributed by atoms with Crippen LogP contribution in [0.25, 0.3) is 0 Å². The van der Waals surface area contributed by atoms with E-state index < -0.39 is 17.9 Å². The Kier molecular flexibility index (Phi) is 4.21. The monoisotopic (exact) mass is 236 g/mol. The number of carbonyl (C=O) groups excluding carboxylic acids is 3. The molecule has 6 heteroatoms. The summed E-state index contributed by atoms with van der Waals surface area (Å²) in [5, 5.41) is 2.27. The standard InChI is InChI=1S/C11H12N2O4/c1-7(15)17-9-5-3-2-4-8(9)10(11(12)16)13-6-14/h2-6,10H,1H3,(H2,12,16)(H,13,14). The maximum atomic E-state index is 11.2. The van der Waals surface area contributed by atoms with Crippen molar-refractivity contribution in [2.45, 2.75) is 13.0 Å². The summed E-state index contributed by atoms with van der Waals surface area (Å²) in [4.78, 5) is 32.5. The zero-order valence-electron chi connectivity index (χ0n) is 9.17. The number of nitrogens with two attached hydrogens (primary N) is 1. The van der Waals surface area contributed by atoms with Crippen LogP contribution in [0.2, 0.25) is 0 Å². The van der Waals surface area contributed by atoms with Crippen molar-refractivity contribution in [3.05, 3.63) is 29.8 Å². The van der Waals surface area contributed by atoms with Crippen LogP contribution in [0.5, 0.6) is 5.75 Å². The van der Waals surface area contributed by atoms with Gasteiger partial charge in [-0.1, -0.05) is 18.2 Å². The van der Waals surface area contributed by atoms with Gasteiger partial charge in [0.25, 0.3) is 0 Å². The Bertz CT molecular complexity index is 445. The van der Waals surface area contributed by atoms with Crippen molar-refractivity contribution in [3.8, 4) is 5.75 Å². The normalized spacial score (nSPS) is 11.4. The van der Waals surface area contributed by atoms with Gasteiger partial charge in [0.15, 0.2) is 0 Å². The van der Waals surface area contributed by atoms with Gasteiger partial charge in [-0.2, -0.15) is 0 Å². The Hall–Kier alpha value is -2.37. The zero-order chi connectivity index (χ0) is 12.8. The molecule has 0 aliphatic rings. The van der Waals surface area contributed by atoms with Crippen LogP contribution in [0.15, 0.2) is 24.3 Å². The highest BCUT2D eigenvalue weighted by Crippen LogP contribution is 2.24. The molecule has 0 saturated carbocycles. The Morgan fingerprint density at radius 1 is 1.41 bits per heavy atom. The minimum atomic E-state index is -1.02. The summed E-state index contributed by atoms with van der Waals surface area (Å²) >= 11 is 0. The molecule has 17 heavy (non-hydrogen) atoms. The Morgan fingerprint density at radius 3 is 2.59 bits per heavy atom. The molecule has 0 aliphatic heterocycles. The van der Waals surface area contributed by atoms with Crippen molar-refractivity contribution in [3.63, 3.8) is 0 Å². The van der Waals surface area contributed by atoms with Gasteiger partial charge in [0, 0.05) is 12.5 Å². The van der Waals surface area contributed by atoms with Gasteiger partial charge in [0.2, 0.25) is 12.3 Å². The van der Waals surface area contributed by atoms with Gasteiger partial charge in [-0.3, -0.25) is 14.4 Å². The molecule has 0 aromatic heterocycles. The van der Waals surface area contributed by atoms with Gasteiger partial charge >= 0.3 is 5.97 Å². The minimum absolute atomic E-state index is 0.193. The summed E-state index contributed by atoms with van der Waals surface area (Å²) in [6.45, 7) is 1.24. The first-order valence-electron chi connectivity index (χ1n) is 4.82. The number of para-hydroxylation sites is 1. The third-order valence-corrected chi connectivity index (χ3v) is 2.00. The fourth-order valence-electron chi connectivity index (χ4n) is 1.36. The van der Waals surface area contributed by atoms with Crippen molar-refractivity contribution < 1.29 is 19.1 Å². The molecule has 0 heterocycles. The molecule has 0 bridgehead atoms. The highest BCUT2D eigenvalue weighted by atomic mass is 16.5. The molecule has 6 nitrogen and oxygen atoms in total. The average Bonchev–Trinajstić information content (AvgIpc) is 2.26. The molecule has 1 unspecified atom stereocenters. The molecular formula is C11H12N2O4. The van der Waals surface area contributed by atoms with E-state index in [1.807, 2.05) is 0 Å². The number of ether oxygens (including phenoxy) is 1. The lowest BCUT2D eigenvalue weighted by Gasteiger charge is -2.15. The fourth-order valence-corrected chi connectivity index (χ4v) is 1.36.